The topological polar surface area (TPSA) is 68.7 Å². The zero-order valence-corrected chi connectivity index (χ0v) is 8.83. The molecule has 0 aromatic carbocycles. The number of hydrogen-bond donors (Lipinski definition) is 1. The SMILES string of the molecule is COc1cnc(OC(F)(F)F)c(C(=O)O)c1C. The van der Waals surface area contributed by atoms with Crippen molar-refractivity contribution in [1.29, 1.82) is 0 Å². The van der Waals surface area contributed by atoms with Crippen molar-refractivity contribution in [1.82, 2.24) is 4.98 Å². The third kappa shape index (κ3) is 2.99. The molecule has 0 bridgehead atoms. The number of pyridine rings is 1. The fourth-order valence-electron chi connectivity index (χ4n) is 1.21. The van der Waals surface area contributed by atoms with Crippen molar-refractivity contribution in [2.24, 2.45) is 0 Å². The molecule has 1 rings (SSSR count). The molecule has 94 valence electrons. The van der Waals surface area contributed by atoms with Crippen molar-refractivity contribution in [3.63, 3.8) is 0 Å². The fraction of sp³-hybridized carbons (Fsp3) is 0.333. The minimum absolute atomic E-state index is 0.00856. The van der Waals surface area contributed by atoms with Crippen LogP contribution in [0.5, 0.6) is 11.6 Å². The fourth-order valence-corrected chi connectivity index (χ4v) is 1.21. The summed E-state index contributed by atoms with van der Waals surface area (Å²) in [6.45, 7) is 1.30. The lowest BCUT2D eigenvalue weighted by molar-refractivity contribution is -0.276. The van der Waals surface area contributed by atoms with Crippen LogP contribution in [0, 0.1) is 6.92 Å². The molecule has 8 heteroatoms. The van der Waals surface area contributed by atoms with E-state index < -0.39 is 23.8 Å². The predicted octanol–water partition coefficient (Wildman–Crippen LogP) is 2.00. The number of rotatable bonds is 3. The normalized spacial score (nSPS) is 11.1. The molecule has 0 spiro atoms. The van der Waals surface area contributed by atoms with Gasteiger partial charge in [-0.2, -0.15) is 0 Å². The quantitative estimate of drug-likeness (QED) is 0.889. The number of methoxy groups -OCH3 is 1. The number of carboxylic acid groups (broad SMARTS) is 1. The molecule has 0 fully saturated rings. The van der Waals surface area contributed by atoms with Crippen molar-refractivity contribution in [3.05, 3.63) is 17.3 Å². The second kappa shape index (κ2) is 4.48. The van der Waals surface area contributed by atoms with Gasteiger partial charge in [0.1, 0.15) is 11.3 Å². The van der Waals surface area contributed by atoms with E-state index >= 15 is 0 Å². The third-order valence-electron chi connectivity index (χ3n) is 1.90. The van der Waals surface area contributed by atoms with Crippen LogP contribution in [-0.4, -0.2) is 29.5 Å². The van der Waals surface area contributed by atoms with Crippen molar-refractivity contribution in [2.75, 3.05) is 7.11 Å². The molecular formula is C9H8F3NO4. The van der Waals surface area contributed by atoms with E-state index in [1.807, 2.05) is 0 Å². The molecule has 0 atom stereocenters. The maximum atomic E-state index is 12.0. The molecule has 0 saturated carbocycles. The molecule has 5 nitrogen and oxygen atoms in total. The van der Waals surface area contributed by atoms with E-state index in [1.54, 1.807) is 0 Å². The van der Waals surface area contributed by atoms with E-state index in [0.29, 0.717) is 0 Å². The molecule has 0 radical (unpaired) electrons. The summed E-state index contributed by atoms with van der Waals surface area (Å²) in [5, 5.41) is 8.82. The van der Waals surface area contributed by atoms with Crippen LogP contribution in [0.25, 0.3) is 0 Å². The molecule has 0 aliphatic carbocycles. The number of carbonyl (C=O) groups is 1. The van der Waals surface area contributed by atoms with Gasteiger partial charge in [-0.3, -0.25) is 0 Å². The second-order valence-electron chi connectivity index (χ2n) is 2.98. The van der Waals surface area contributed by atoms with Crippen LogP contribution in [0.4, 0.5) is 13.2 Å². The Morgan fingerprint density at radius 1 is 1.47 bits per heavy atom. The average Bonchev–Trinajstić information content (AvgIpc) is 2.14. The highest BCUT2D eigenvalue weighted by atomic mass is 19.4. The van der Waals surface area contributed by atoms with Gasteiger partial charge in [-0.05, 0) is 6.92 Å². The van der Waals surface area contributed by atoms with Gasteiger partial charge in [-0.1, -0.05) is 0 Å². The Labute approximate surface area is 93.8 Å². The van der Waals surface area contributed by atoms with Gasteiger partial charge in [0.2, 0.25) is 5.88 Å². The maximum Gasteiger partial charge on any atom is 0.574 e. The summed E-state index contributed by atoms with van der Waals surface area (Å²) in [5.41, 5.74) is -0.670. The molecule has 0 saturated heterocycles. The van der Waals surface area contributed by atoms with Gasteiger partial charge in [0.25, 0.3) is 0 Å². The smallest absolute Gasteiger partial charge is 0.495 e. The van der Waals surface area contributed by atoms with E-state index in [9.17, 15) is 18.0 Å². The number of aromatic nitrogens is 1. The van der Waals surface area contributed by atoms with Crippen LogP contribution in [0.2, 0.25) is 0 Å². The van der Waals surface area contributed by atoms with Gasteiger partial charge >= 0.3 is 12.3 Å². The lowest BCUT2D eigenvalue weighted by Gasteiger charge is -2.13. The molecule has 1 heterocycles. The number of ether oxygens (including phenoxy) is 2. The van der Waals surface area contributed by atoms with Crippen LogP contribution in [0.1, 0.15) is 15.9 Å². The van der Waals surface area contributed by atoms with Crippen LogP contribution in [0.3, 0.4) is 0 Å². The first-order chi connectivity index (χ1) is 7.76. The van der Waals surface area contributed by atoms with Crippen molar-refractivity contribution in [2.45, 2.75) is 13.3 Å². The van der Waals surface area contributed by atoms with E-state index in [0.717, 1.165) is 6.20 Å². The molecule has 1 aromatic heterocycles. The van der Waals surface area contributed by atoms with Gasteiger partial charge in [-0.25, -0.2) is 9.78 Å². The number of halogens is 3. The standard InChI is InChI=1S/C9H8F3NO4/c1-4-5(16-2)3-13-7(6(4)8(14)15)17-9(10,11)12/h3H,1-2H3,(H,14,15). The first-order valence-electron chi connectivity index (χ1n) is 4.29. The van der Waals surface area contributed by atoms with Gasteiger partial charge in [0.05, 0.1) is 13.3 Å². The second-order valence-corrected chi connectivity index (χ2v) is 2.98. The highest BCUT2D eigenvalue weighted by Crippen LogP contribution is 2.30. The van der Waals surface area contributed by atoms with Crippen LogP contribution < -0.4 is 9.47 Å². The molecule has 0 aliphatic rings. The van der Waals surface area contributed by atoms with Gasteiger partial charge < -0.3 is 14.6 Å². The number of nitrogens with zero attached hydrogens (tertiary/aromatic N) is 1. The number of alkyl halides is 3. The van der Waals surface area contributed by atoms with Crippen LogP contribution in [-0.2, 0) is 0 Å². The van der Waals surface area contributed by atoms with Crippen LogP contribution >= 0.6 is 0 Å². The molecule has 17 heavy (non-hydrogen) atoms. The minimum Gasteiger partial charge on any atom is -0.495 e. The van der Waals surface area contributed by atoms with E-state index in [2.05, 4.69) is 9.72 Å². The Hall–Kier alpha value is -1.99. The first-order valence-corrected chi connectivity index (χ1v) is 4.29. The Kier molecular flexibility index (Phi) is 3.45. The molecular weight excluding hydrogens is 243 g/mol. The van der Waals surface area contributed by atoms with Crippen molar-refractivity contribution in [3.8, 4) is 11.6 Å². The van der Waals surface area contributed by atoms with Crippen molar-refractivity contribution < 1.29 is 32.5 Å². The zero-order valence-electron chi connectivity index (χ0n) is 8.83. The molecule has 1 N–H and O–H groups in total. The monoisotopic (exact) mass is 251 g/mol. The zero-order chi connectivity index (χ0) is 13.2. The minimum atomic E-state index is -5.00. The number of aromatic carboxylic acids is 1. The number of carboxylic acids is 1. The lowest BCUT2D eigenvalue weighted by atomic mass is 10.1. The highest BCUT2D eigenvalue weighted by molar-refractivity contribution is 5.92. The predicted molar refractivity (Wildman–Crippen MR) is 49.2 cm³/mol. The Balaban J connectivity index is 3.32. The third-order valence-corrected chi connectivity index (χ3v) is 1.90. The summed E-state index contributed by atoms with van der Waals surface area (Å²) in [5.74, 6) is -2.52. The molecule has 0 amide bonds. The molecule has 1 aromatic rings. The van der Waals surface area contributed by atoms with Gasteiger partial charge in [0, 0.05) is 5.56 Å². The average molecular weight is 251 g/mol. The molecule has 0 aliphatic heterocycles. The summed E-state index contributed by atoms with van der Waals surface area (Å²) in [6.07, 6.45) is -4.04. The largest absolute Gasteiger partial charge is 0.574 e. The summed E-state index contributed by atoms with van der Waals surface area (Å²) in [4.78, 5) is 14.1. The van der Waals surface area contributed by atoms with Crippen molar-refractivity contribution >= 4 is 5.97 Å². The summed E-state index contributed by atoms with van der Waals surface area (Å²) < 4.78 is 44.3. The summed E-state index contributed by atoms with van der Waals surface area (Å²) >= 11 is 0. The van der Waals surface area contributed by atoms with E-state index in [4.69, 9.17) is 9.84 Å². The lowest BCUT2D eigenvalue weighted by Crippen LogP contribution is -2.20. The molecule has 0 unspecified atom stereocenters. The van der Waals surface area contributed by atoms with E-state index in [1.165, 1.54) is 14.0 Å². The highest BCUT2D eigenvalue weighted by Gasteiger charge is 2.34. The Morgan fingerprint density at radius 2 is 2.06 bits per heavy atom. The number of hydrogen-bond acceptors (Lipinski definition) is 4. The van der Waals surface area contributed by atoms with E-state index in [-0.39, 0.29) is 11.3 Å². The maximum absolute atomic E-state index is 12.0. The Bertz CT molecular complexity index is 445. The summed E-state index contributed by atoms with van der Waals surface area (Å²) in [6, 6.07) is 0. The van der Waals surface area contributed by atoms with Gasteiger partial charge in [-0.15, -0.1) is 13.2 Å². The first kappa shape index (κ1) is 13.1. The van der Waals surface area contributed by atoms with Gasteiger partial charge in [0.15, 0.2) is 0 Å². The Morgan fingerprint density at radius 3 is 2.47 bits per heavy atom. The summed E-state index contributed by atoms with van der Waals surface area (Å²) in [7, 11) is 1.25. The van der Waals surface area contributed by atoms with Crippen LogP contribution in [0.15, 0.2) is 6.20 Å².